The number of rotatable bonds is 4. The van der Waals surface area contributed by atoms with Gasteiger partial charge in [0.25, 0.3) is 0 Å². The molecule has 1 aromatic heterocycles. The molecule has 2 nitrogen and oxygen atoms in total. The Hall–Kier alpha value is -5.21. The molecule has 0 saturated carbocycles. The molecule has 188 valence electrons. The van der Waals surface area contributed by atoms with E-state index in [0.717, 1.165) is 17.7 Å². The Kier molecular flexibility index (Phi) is 5.24. The van der Waals surface area contributed by atoms with Crippen LogP contribution in [0.2, 0.25) is 0 Å². The fourth-order valence-corrected chi connectivity index (χ4v) is 6.23. The van der Waals surface area contributed by atoms with E-state index >= 15 is 0 Å². The zero-order valence-corrected chi connectivity index (χ0v) is 21.9. The van der Waals surface area contributed by atoms with Crippen LogP contribution in [-0.4, -0.2) is 11.5 Å². The van der Waals surface area contributed by atoms with Crippen molar-refractivity contribution >= 4 is 43.5 Å². The highest BCUT2D eigenvalue weighted by Crippen LogP contribution is 2.43. The van der Waals surface area contributed by atoms with Gasteiger partial charge in [-0.2, -0.15) is 0 Å². The SMILES string of the molecule is C1=C(c2ccccc2)C=C(c2cc(-c3cncc(-c4ccccc4)c3)c3ccc4cccc5ccc2c3c54)CN1. The van der Waals surface area contributed by atoms with Gasteiger partial charge >= 0.3 is 0 Å². The lowest BCUT2D eigenvalue weighted by Crippen LogP contribution is -2.14. The van der Waals surface area contributed by atoms with E-state index in [9.17, 15) is 0 Å². The van der Waals surface area contributed by atoms with Gasteiger partial charge in [-0.3, -0.25) is 4.98 Å². The number of nitrogens with zero attached hydrogens (tertiary/aromatic N) is 1. The third-order valence-electron chi connectivity index (χ3n) is 8.13. The average Bonchev–Trinajstić information content (AvgIpc) is 3.04. The van der Waals surface area contributed by atoms with Crippen molar-refractivity contribution in [2.24, 2.45) is 0 Å². The number of dihydropyridines is 1. The van der Waals surface area contributed by atoms with Gasteiger partial charge in [0.15, 0.2) is 0 Å². The van der Waals surface area contributed by atoms with Crippen molar-refractivity contribution in [3.05, 3.63) is 151 Å². The maximum atomic E-state index is 4.70. The summed E-state index contributed by atoms with van der Waals surface area (Å²) in [5.74, 6) is 0. The van der Waals surface area contributed by atoms with Gasteiger partial charge in [-0.15, -0.1) is 0 Å². The summed E-state index contributed by atoms with van der Waals surface area (Å²) in [7, 11) is 0. The van der Waals surface area contributed by atoms with Gasteiger partial charge < -0.3 is 5.32 Å². The lowest BCUT2D eigenvalue weighted by atomic mass is 9.84. The second kappa shape index (κ2) is 9.21. The molecular formula is C38H26N2. The second-order valence-electron chi connectivity index (χ2n) is 10.5. The molecule has 8 rings (SSSR count). The van der Waals surface area contributed by atoms with Gasteiger partial charge in [-0.05, 0) is 83.9 Å². The van der Waals surface area contributed by atoms with Gasteiger partial charge in [-0.25, -0.2) is 0 Å². The molecule has 0 aliphatic carbocycles. The topological polar surface area (TPSA) is 24.9 Å². The number of aromatic nitrogens is 1. The van der Waals surface area contributed by atoms with Crippen LogP contribution in [-0.2, 0) is 0 Å². The zero-order chi connectivity index (χ0) is 26.5. The van der Waals surface area contributed by atoms with Crippen molar-refractivity contribution in [3.8, 4) is 22.3 Å². The number of hydrogen-bond acceptors (Lipinski definition) is 2. The molecule has 0 atom stereocenters. The predicted molar refractivity (Wildman–Crippen MR) is 169 cm³/mol. The number of pyridine rings is 1. The van der Waals surface area contributed by atoms with Crippen LogP contribution in [0.1, 0.15) is 11.1 Å². The molecule has 6 aromatic carbocycles. The third kappa shape index (κ3) is 3.69. The first kappa shape index (κ1) is 22.7. The predicted octanol–water partition coefficient (Wildman–Crippen LogP) is 9.34. The van der Waals surface area contributed by atoms with Gasteiger partial charge in [0.1, 0.15) is 0 Å². The van der Waals surface area contributed by atoms with Crippen molar-refractivity contribution in [1.29, 1.82) is 0 Å². The standard InChI is InChI=1S/C38H26N2/c1-3-8-25(9-4-1)29-18-31(23-39-21-29)35-20-36(32-19-30(22-40-24-32)26-10-5-2-6-11-26)34-17-15-28-13-7-12-27-14-16-33(35)38(34)37(27)28/h1-23,40H,24H2. The van der Waals surface area contributed by atoms with Crippen LogP contribution in [0.5, 0.6) is 0 Å². The summed E-state index contributed by atoms with van der Waals surface area (Å²) in [6, 6.07) is 41.5. The Morgan fingerprint density at radius 3 is 1.95 bits per heavy atom. The summed E-state index contributed by atoms with van der Waals surface area (Å²) in [4.78, 5) is 4.70. The highest BCUT2D eigenvalue weighted by atomic mass is 14.8. The number of allylic oxidation sites excluding steroid dienone is 2. The molecule has 2 heteroatoms. The van der Waals surface area contributed by atoms with Gasteiger partial charge in [-0.1, -0.05) is 103 Å². The monoisotopic (exact) mass is 510 g/mol. The fraction of sp³-hybridized carbons (Fsp3) is 0.0263. The highest BCUT2D eigenvalue weighted by Gasteiger charge is 2.19. The summed E-state index contributed by atoms with van der Waals surface area (Å²) in [5, 5.41) is 11.3. The van der Waals surface area contributed by atoms with Crippen LogP contribution in [0, 0.1) is 0 Å². The van der Waals surface area contributed by atoms with Crippen molar-refractivity contribution in [1.82, 2.24) is 10.3 Å². The molecule has 0 unspecified atom stereocenters. The first-order chi connectivity index (χ1) is 19.8. The lowest BCUT2D eigenvalue weighted by Gasteiger charge is -2.22. The Labute approximate surface area is 233 Å². The van der Waals surface area contributed by atoms with E-state index in [4.69, 9.17) is 4.98 Å². The van der Waals surface area contributed by atoms with Crippen molar-refractivity contribution in [2.75, 3.05) is 6.54 Å². The minimum atomic E-state index is 0.780. The van der Waals surface area contributed by atoms with Crippen LogP contribution in [0.3, 0.4) is 0 Å². The maximum absolute atomic E-state index is 4.70. The Balaban J connectivity index is 1.42. The number of benzene rings is 6. The summed E-state index contributed by atoms with van der Waals surface area (Å²) < 4.78 is 0. The zero-order valence-electron chi connectivity index (χ0n) is 21.9. The molecular weight excluding hydrogens is 484 g/mol. The summed E-state index contributed by atoms with van der Waals surface area (Å²) in [6.07, 6.45) is 8.44. The molecule has 0 bridgehead atoms. The molecule has 1 aliphatic heterocycles. The van der Waals surface area contributed by atoms with Crippen LogP contribution in [0.4, 0.5) is 0 Å². The Morgan fingerprint density at radius 2 is 1.20 bits per heavy atom. The van der Waals surface area contributed by atoms with E-state index in [1.54, 1.807) is 0 Å². The average molecular weight is 511 g/mol. The van der Waals surface area contributed by atoms with Crippen LogP contribution < -0.4 is 5.32 Å². The van der Waals surface area contributed by atoms with E-state index in [2.05, 4.69) is 133 Å². The van der Waals surface area contributed by atoms with E-state index < -0.39 is 0 Å². The normalized spacial score (nSPS) is 13.4. The number of hydrogen-bond donors (Lipinski definition) is 1. The fourth-order valence-electron chi connectivity index (χ4n) is 6.23. The minimum absolute atomic E-state index is 0.780. The quantitative estimate of drug-likeness (QED) is 0.239. The largest absolute Gasteiger partial charge is 0.386 e. The molecule has 1 N–H and O–H groups in total. The maximum Gasteiger partial charge on any atom is 0.0401 e. The van der Waals surface area contributed by atoms with E-state index in [-0.39, 0.29) is 0 Å². The van der Waals surface area contributed by atoms with E-state index in [1.807, 2.05) is 12.4 Å². The molecule has 7 aromatic rings. The highest BCUT2D eigenvalue weighted by molar-refractivity contribution is 6.27. The van der Waals surface area contributed by atoms with Gasteiger partial charge in [0.05, 0.1) is 0 Å². The van der Waals surface area contributed by atoms with Crippen molar-refractivity contribution in [3.63, 3.8) is 0 Å². The van der Waals surface area contributed by atoms with Crippen LogP contribution >= 0.6 is 0 Å². The Morgan fingerprint density at radius 1 is 0.525 bits per heavy atom. The van der Waals surface area contributed by atoms with E-state index in [0.29, 0.717) is 0 Å². The molecule has 0 saturated heterocycles. The van der Waals surface area contributed by atoms with Crippen molar-refractivity contribution in [2.45, 2.75) is 0 Å². The van der Waals surface area contributed by atoms with Gasteiger partial charge in [0.2, 0.25) is 0 Å². The second-order valence-corrected chi connectivity index (χ2v) is 10.5. The molecule has 0 spiro atoms. The first-order valence-electron chi connectivity index (χ1n) is 13.7. The van der Waals surface area contributed by atoms with Crippen molar-refractivity contribution < 1.29 is 0 Å². The molecule has 0 fully saturated rings. The summed E-state index contributed by atoms with van der Waals surface area (Å²) in [6.45, 7) is 0.780. The third-order valence-corrected chi connectivity index (χ3v) is 8.13. The first-order valence-corrected chi connectivity index (χ1v) is 13.7. The molecule has 0 amide bonds. The van der Waals surface area contributed by atoms with Crippen LogP contribution in [0.25, 0.3) is 65.7 Å². The van der Waals surface area contributed by atoms with Crippen LogP contribution in [0.15, 0.2) is 140 Å². The lowest BCUT2D eigenvalue weighted by molar-refractivity contribution is 0.991. The molecule has 1 aliphatic rings. The smallest absolute Gasteiger partial charge is 0.0401 e. The minimum Gasteiger partial charge on any atom is -0.386 e. The molecule has 0 radical (unpaired) electrons. The molecule has 2 heterocycles. The molecule has 40 heavy (non-hydrogen) atoms. The van der Waals surface area contributed by atoms with Gasteiger partial charge in [0, 0.05) is 36.3 Å². The summed E-state index contributed by atoms with van der Waals surface area (Å²) >= 11 is 0. The summed E-state index contributed by atoms with van der Waals surface area (Å²) in [5.41, 5.74) is 9.59. The van der Waals surface area contributed by atoms with E-state index in [1.165, 1.54) is 65.7 Å². The Bertz CT molecular complexity index is 2070. The number of nitrogens with one attached hydrogen (secondary N) is 1.